The van der Waals surface area contributed by atoms with Crippen LogP contribution in [0.4, 0.5) is 17.3 Å². The molecule has 3 N–H and O–H groups in total. The Morgan fingerprint density at radius 2 is 1.92 bits per heavy atom. The van der Waals surface area contributed by atoms with E-state index in [2.05, 4.69) is 25.6 Å². The number of aromatic nitrogens is 3. The minimum Gasteiger partial charge on any atom is -0.490 e. The Labute approximate surface area is 226 Å². The number of sulfone groups is 1. The Hall–Kier alpha value is -3.97. The van der Waals surface area contributed by atoms with Crippen molar-refractivity contribution in [1.29, 1.82) is 0 Å². The SMILES string of the molecule is CC(=O)Nc1cc(Nc2cc(OCC(C)(C)O)cc(S(C)(=O)=O)n2)c(-c2ccc3c(n2)OCC(C)(C)O3)cn1. The first kappa shape index (κ1) is 28.0. The standard InChI is InChI=1S/C26H31N5O7S/c1-15(32)28-21-11-19(17(12-27-21)18-7-8-20-24(30-18)37-14-26(4,5)38-20)29-22-9-16(36-13-25(2,3)33)10-23(31-22)39(6,34)35/h7-12,33H,13-14H2,1-6H3,(H2,27,28,29,31,32). The molecule has 0 unspecified atom stereocenters. The predicted molar refractivity (Wildman–Crippen MR) is 144 cm³/mol. The number of pyridine rings is 3. The quantitative estimate of drug-likeness (QED) is 0.372. The van der Waals surface area contributed by atoms with E-state index in [9.17, 15) is 18.3 Å². The monoisotopic (exact) mass is 557 g/mol. The van der Waals surface area contributed by atoms with Crippen LogP contribution in [-0.4, -0.2) is 65.1 Å². The van der Waals surface area contributed by atoms with Crippen LogP contribution < -0.4 is 24.8 Å². The molecule has 0 fully saturated rings. The fraction of sp³-hybridized carbons (Fsp3) is 0.385. The van der Waals surface area contributed by atoms with Gasteiger partial charge in [-0.25, -0.2) is 23.4 Å². The molecule has 0 spiro atoms. The van der Waals surface area contributed by atoms with Crippen LogP contribution in [0.2, 0.25) is 0 Å². The van der Waals surface area contributed by atoms with Crippen molar-refractivity contribution in [3.8, 4) is 28.6 Å². The van der Waals surface area contributed by atoms with Gasteiger partial charge in [0.25, 0.3) is 5.88 Å². The first-order valence-corrected chi connectivity index (χ1v) is 13.9. The molecule has 0 saturated heterocycles. The zero-order chi connectivity index (χ0) is 28.6. The van der Waals surface area contributed by atoms with Gasteiger partial charge in [-0.15, -0.1) is 0 Å². The molecule has 0 bridgehead atoms. The fourth-order valence-corrected chi connectivity index (χ4v) is 4.15. The first-order valence-electron chi connectivity index (χ1n) is 12.0. The molecular weight excluding hydrogens is 526 g/mol. The number of rotatable bonds is 8. The van der Waals surface area contributed by atoms with Crippen molar-refractivity contribution >= 4 is 33.1 Å². The number of fused-ring (bicyclic) bond motifs is 1. The van der Waals surface area contributed by atoms with Gasteiger partial charge in [-0.3, -0.25) is 4.79 Å². The van der Waals surface area contributed by atoms with Crippen LogP contribution >= 0.6 is 0 Å². The maximum absolute atomic E-state index is 12.3. The highest BCUT2D eigenvalue weighted by Gasteiger charge is 2.29. The lowest BCUT2D eigenvalue weighted by molar-refractivity contribution is -0.114. The van der Waals surface area contributed by atoms with Gasteiger partial charge in [0.1, 0.15) is 36.2 Å². The highest BCUT2D eigenvalue weighted by Crippen LogP contribution is 2.38. The summed E-state index contributed by atoms with van der Waals surface area (Å²) in [6.45, 7) is 8.55. The van der Waals surface area contributed by atoms with Gasteiger partial charge in [0, 0.05) is 43.1 Å². The molecule has 3 aromatic heterocycles. The van der Waals surface area contributed by atoms with Gasteiger partial charge in [0.15, 0.2) is 20.6 Å². The third-order valence-electron chi connectivity index (χ3n) is 5.26. The molecule has 1 aliphatic heterocycles. The summed E-state index contributed by atoms with van der Waals surface area (Å²) >= 11 is 0. The number of aliphatic hydroxyl groups is 1. The normalized spacial score (nSPS) is 14.4. The minimum absolute atomic E-state index is 0.0786. The summed E-state index contributed by atoms with van der Waals surface area (Å²) in [5.41, 5.74) is -0.214. The molecular formula is C26H31N5O7S. The average molecular weight is 558 g/mol. The van der Waals surface area contributed by atoms with Crippen molar-refractivity contribution < 1.29 is 32.5 Å². The Morgan fingerprint density at radius 1 is 1.18 bits per heavy atom. The molecule has 208 valence electrons. The van der Waals surface area contributed by atoms with Crippen molar-refractivity contribution in [2.75, 3.05) is 30.1 Å². The fourth-order valence-electron chi connectivity index (χ4n) is 3.56. The highest BCUT2D eigenvalue weighted by molar-refractivity contribution is 7.90. The van der Waals surface area contributed by atoms with Gasteiger partial charge in [-0.1, -0.05) is 0 Å². The number of nitrogens with one attached hydrogen (secondary N) is 2. The van der Waals surface area contributed by atoms with Crippen molar-refractivity contribution in [1.82, 2.24) is 15.0 Å². The second-order valence-corrected chi connectivity index (χ2v) is 12.4. The van der Waals surface area contributed by atoms with E-state index in [0.29, 0.717) is 35.2 Å². The minimum atomic E-state index is -3.71. The van der Waals surface area contributed by atoms with Crippen LogP contribution in [0.25, 0.3) is 11.3 Å². The number of hydrogen-bond acceptors (Lipinski definition) is 11. The lowest BCUT2D eigenvalue weighted by Gasteiger charge is -2.31. The lowest BCUT2D eigenvalue weighted by Crippen LogP contribution is -2.39. The molecule has 4 heterocycles. The van der Waals surface area contributed by atoms with E-state index >= 15 is 0 Å². The van der Waals surface area contributed by atoms with Gasteiger partial charge in [0.05, 0.1) is 17.0 Å². The topological polar surface area (TPSA) is 162 Å². The van der Waals surface area contributed by atoms with Crippen molar-refractivity contribution in [2.24, 2.45) is 0 Å². The van der Waals surface area contributed by atoms with Gasteiger partial charge in [-0.2, -0.15) is 0 Å². The molecule has 0 atom stereocenters. The molecule has 1 aliphatic rings. The van der Waals surface area contributed by atoms with Crippen LogP contribution in [0.15, 0.2) is 41.6 Å². The number of carbonyl (C=O) groups excluding carboxylic acids is 1. The van der Waals surface area contributed by atoms with Crippen molar-refractivity contribution in [3.05, 3.63) is 36.5 Å². The van der Waals surface area contributed by atoms with Gasteiger partial charge < -0.3 is 30.0 Å². The molecule has 0 saturated carbocycles. The van der Waals surface area contributed by atoms with Crippen LogP contribution in [0.3, 0.4) is 0 Å². The second-order valence-electron chi connectivity index (χ2n) is 10.5. The van der Waals surface area contributed by atoms with E-state index in [4.69, 9.17) is 14.2 Å². The van der Waals surface area contributed by atoms with Crippen molar-refractivity contribution in [2.45, 2.75) is 50.8 Å². The molecule has 0 aliphatic carbocycles. The molecule has 39 heavy (non-hydrogen) atoms. The predicted octanol–water partition coefficient (Wildman–Crippen LogP) is 3.34. The number of amides is 1. The summed E-state index contributed by atoms with van der Waals surface area (Å²) in [7, 11) is -3.71. The van der Waals surface area contributed by atoms with Crippen LogP contribution in [0.1, 0.15) is 34.6 Å². The molecule has 0 aromatic carbocycles. The average Bonchev–Trinajstić information content (AvgIpc) is 2.81. The maximum atomic E-state index is 12.3. The second kappa shape index (κ2) is 10.3. The number of hydrogen-bond donors (Lipinski definition) is 3. The van der Waals surface area contributed by atoms with E-state index in [-0.39, 0.29) is 34.9 Å². The summed E-state index contributed by atoms with van der Waals surface area (Å²) < 4.78 is 42.1. The summed E-state index contributed by atoms with van der Waals surface area (Å²) in [5, 5.41) is 15.6. The largest absolute Gasteiger partial charge is 0.490 e. The molecule has 12 nitrogen and oxygen atoms in total. The van der Waals surface area contributed by atoms with E-state index < -0.39 is 21.0 Å². The number of nitrogens with zero attached hydrogens (tertiary/aromatic N) is 3. The van der Waals surface area contributed by atoms with Gasteiger partial charge in [0.2, 0.25) is 5.91 Å². The molecule has 0 radical (unpaired) electrons. The molecule has 4 rings (SSSR count). The third kappa shape index (κ3) is 7.33. The van der Waals surface area contributed by atoms with E-state index in [0.717, 1.165) is 6.26 Å². The van der Waals surface area contributed by atoms with Gasteiger partial charge >= 0.3 is 0 Å². The molecule has 13 heteroatoms. The molecule has 3 aromatic rings. The Balaban J connectivity index is 1.77. The maximum Gasteiger partial charge on any atom is 0.257 e. The number of carbonyl (C=O) groups is 1. The Morgan fingerprint density at radius 3 is 2.59 bits per heavy atom. The summed E-state index contributed by atoms with van der Waals surface area (Å²) in [5.74, 6) is 1.09. The smallest absolute Gasteiger partial charge is 0.257 e. The lowest BCUT2D eigenvalue weighted by atomic mass is 10.1. The number of ether oxygens (including phenoxy) is 3. The zero-order valence-electron chi connectivity index (χ0n) is 22.5. The van der Waals surface area contributed by atoms with Gasteiger partial charge in [-0.05, 0) is 39.8 Å². The first-order chi connectivity index (χ1) is 18.1. The van der Waals surface area contributed by atoms with Crippen LogP contribution in [-0.2, 0) is 14.6 Å². The third-order valence-corrected chi connectivity index (χ3v) is 6.23. The van der Waals surface area contributed by atoms with Crippen molar-refractivity contribution in [3.63, 3.8) is 0 Å². The van der Waals surface area contributed by atoms with Crippen LogP contribution in [0, 0.1) is 0 Å². The summed E-state index contributed by atoms with van der Waals surface area (Å²) in [4.78, 5) is 24.8. The Kier molecular flexibility index (Phi) is 7.41. The van der Waals surface area contributed by atoms with E-state index in [1.165, 1.54) is 25.3 Å². The molecule has 1 amide bonds. The zero-order valence-corrected chi connectivity index (χ0v) is 23.3. The van der Waals surface area contributed by atoms with E-state index in [1.54, 1.807) is 32.0 Å². The number of anilines is 3. The van der Waals surface area contributed by atoms with E-state index in [1.807, 2.05) is 13.8 Å². The highest BCUT2D eigenvalue weighted by atomic mass is 32.2. The summed E-state index contributed by atoms with van der Waals surface area (Å²) in [6.07, 6.45) is 2.55. The van der Waals surface area contributed by atoms with Crippen LogP contribution in [0.5, 0.6) is 17.4 Å². The summed E-state index contributed by atoms with van der Waals surface area (Å²) in [6, 6.07) is 7.84. The Bertz CT molecular complexity index is 1520.